The first-order valence-electron chi connectivity index (χ1n) is 16.2. The number of allylic oxidation sites excluding steroid dienone is 3. The average Bonchev–Trinajstić information content (AvgIpc) is 3.33. The molecule has 1 N–H and O–H groups in total. The lowest BCUT2D eigenvalue weighted by Crippen LogP contribution is -2.28. The van der Waals surface area contributed by atoms with Crippen LogP contribution < -0.4 is 0 Å². The maximum atomic E-state index is 12.8. The molecule has 1 aliphatic carbocycles. The number of unbranched alkanes of at least 4 members (excludes halogenated alkanes) is 2. The van der Waals surface area contributed by atoms with E-state index in [1.807, 2.05) is 0 Å². The van der Waals surface area contributed by atoms with Crippen LogP contribution in [0.5, 0.6) is 0 Å². The molecular weight excluding hydrogens is 508 g/mol. The number of carbonyl (C=O) groups excluding carboxylic acids is 1. The lowest BCUT2D eigenvalue weighted by atomic mass is 9.88. The molecule has 0 aromatic heterocycles. The fraction of sp³-hybridized carbons (Fsp3) is 0.848. The lowest BCUT2D eigenvalue weighted by molar-refractivity contribution is -0.172. The largest absolute Gasteiger partial charge is 0.465 e. The molecule has 0 aromatic carbocycles. The predicted molar refractivity (Wildman–Crippen MR) is 156 cm³/mol. The van der Waals surface area contributed by atoms with Crippen LogP contribution in [0.15, 0.2) is 23.7 Å². The summed E-state index contributed by atoms with van der Waals surface area (Å²) in [6, 6.07) is 0. The Balaban J connectivity index is 1.56. The highest BCUT2D eigenvalue weighted by atomic mass is 16.7. The molecule has 0 bridgehead atoms. The number of aliphatic hydroxyl groups is 1. The zero-order valence-electron chi connectivity index (χ0n) is 25.5. The third kappa shape index (κ3) is 11.4. The van der Waals surface area contributed by atoms with E-state index >= 15 is 0 Å². The van der Waals surface area contributed by atoms with E-state index in [0.29, 0.717) is 31.3 Å². The van der Waals surface area contributed by atoms with Crippen molar-refractivity contribution in [1.82, 2.24) is 0 Å². The van der Waals surface area contributed by atoms with Crippen molar-refractivity contribution >= 4 is 5.97 Å². The molecule has 40 heavy (non-hydrogen) atoms. The summed E-state index contributed by atoms with van der Waals surface area (Å²) < 4.78 is 29.0. The number of hydrogen-bond acceptors (Lipinski definition) is 7. The third-order valence-electron chi connectivity index (χ3n) is 8.71. The molecule has 0 aromatic rings. The van der Waals surface area contributed by atoms with Crippen LogP contribution in [0.3, 0.4) is 0 Å². The SMILES string of the molecule is CCCC[C@@H](C)CC/C=C/[C@H]1CC[C@H](O)[C@@H]1CCCC/C(OC1CCCCO1)=C(\OC1CCCCO1)C(=O)OC. The Labute approximate surface area is 243 Å². The lowest BCUT2D eigenvalue weighted by Gasteiger charge is -2.28. The molecule has 6 atom stereocenters. The molecule has 2 heterocycles. The molecule has 1 saturated carbocycles. The van der Waals surface area contributed by atoms with E-state index in [4.69, 9.17) is 23.7 Å². The smallest absolute Gasteiger partial charge is 0.377 e. The van der Waals surface area contributed by atoms with Crippen LogP contribution in [0.25, 0.3) is 0 Å². The van der Waals surface area contributed by atoms with Gasteiger partial charge in [0, 0.05) is 19.3 Å². The van der Waals surface area contributed by atoms with Crippen molar-refractivity contribution in [2.75, 3.05) is 20.3 Å². The Morgan fingerprint density at radius 3 is 2.33 bits per heavy atom. The van der Waals surface area contributed by atoms with Gasteiger partial charge >= 0.3 is 5.97 Å². The first kappa shape index (κ1) is 32.9. The van der Waals surface area contributed by atoms with Gasteiger partial charge in [-0.25, -0.2) is 4.79 Å². The molecule has 2 aliphatic heterocycles. The fourth-order valence-corrected chi connectivity index (χ4v) is 6.18. The molecule has 7 heteroatoms. The van der Waals surface area contributed by atoms with Crippen molar-refractivity contribution in [2.45, 2.75) is 142 Å². The van der Waals surface area contributed by atoms with Gasteiger partial charge in [-0.1, -0.05) is 51.7 Å². The second-order valence-electron chi connectivity index (χ2n) is 12.0. The Bertz CT molecular complexity index is 767. The van der Waals surface area contributed by atoms with Crippen molar-refractivity contribution in [2.24, 2.45) is 17.8 Å². The van der Waals surface area contributed by atoms with Crippen molar-refractivity contribution < 1.29 is 33.6 Å². The summed E-state index contributed by atoms with van der Waals surface area (Å²) in [5.74, 6) is 1.57. The zero-order valence-corrected chi connectivity index (χ0v) is 25.5. The van der Waals surface area contributed by atoms with E-state index < -0.39 is 12.3 Å². The van der Waals surface area contributed by atoms with E-state index in [9.17, 15) is 9.90 Å². The number of carbonyl (C=O) groups is 1. The van der Waals surface area contributed by atoms with Crippen molar-refractivity contribution in [3.05, 3.63) is 23.7 Å². The topological polar surface area (TPSA) is 83.5 Å². The Morgan fingerprint density at radius 1 is 0.950 bits per heavy atom. The van der Waals surface area contributed by atoms with Crippen molar-refractivity contribution in [3.8, 4) is 0 Å². The molecule has 0 radical (unpaired) electrons. The molecule has 0 spiro atoms. The van der Waals surface area contributed by atoms with Gasteiger partial charge < -0.3 is 28.8 Å². The van der Waals surface area contributed by atoms with Gasteiger partial charge in [0.25, 0.3) is 0 Å². The van der Waals surface area contributed by atoms with Gasteiger partial charge in [0.1, 0.15) is 5.76 Å². The monoisotopic (exact) mass is 564 g/mol. The summed E-state index contributed by atoms with van der Waals surface area (Å²) in [7, 11) is 1.36. The maximum Gasteiger partial charge on any atom is 0.377 e. The van der Waals surface area contributed by atoms with Crippen LogP contribution in [0.1, 0.15) is 123 Å². The van der Waals surface area contributed by atoms with Crippen molar-refractivity contribution in [3.63, 3.8) is 0 Å². The molecule has 0 amide bonds. The van der Waals surface area contributed by atoms with E-state index in [0.717, 1.165) is 83.0 Å². The Morgan fingerprint density at radius 2 is 1.68 bits per heavy atom. The number of esters is 1. The molecule has 7 nitrogen and oxygen atoms in total. The summed E-state index contributed by atoms with van der Waals surface area (Å²) in [6.45, 7) is 5.89. The van der Waals surface area contributed by atoms with Crippen molar-refractivity contribution in [1.29, 1.82) is 0 Å². The molecule has 2 unspecified atom stereocenters. The summed E-state index contributed by atoms with van der Waals surface area (Å²) in [4.78, 5) is 12.8. The molecule has 230 valence electrons. The van der Waals surface area contributed by atoms with Gasteiger partial charge in [-0.2, -0.15) is 0 Å². The minimum absolute atomic E-state index is 0.110. The number of hydrogen-bond donors (Lipinski definition) is 1. The number of aliphatic hydroxyl groups excluding tert-OH is 1. The maximum absolute atomic E-state index is 12.8. The minimum atomic E-state index is -0.541. The Hall–Kier alpha value is -1.57. The van der Waals surface area contributed by atoms with E-state index in [2.05, 4.69) is 26.0 Å². The number of methoxy groups -OCH3 is 1. The second-order valence-corrected chi connectivity index (χ2v) is 12.0. The van der Waals surface area contributed by atoms with E-state index in [-0.39, 0.29) is 24.1 Å². The molecule has 3 aliphatic rings. The summed E-state index contributed by atoms with van der Waals surface area (Å²) in [5.41, 5.74) is 0. The normalized spacial score (nSPS) is 28.8. The molecule has 2 saturated heterocycles. The summed E-state index contributed by atoms with van der Waals surface area (Å²) >= 11 is 0. The van der Waals surface area contributed by atoms with Gasteiger partial charge in [-0.15, -0.1) is 0 Å². The van der Waals surface area contributed by atoms with Gasteiger partial charge in [-0.3, -0.25) is 0 Å². The first-order chi connectivity index (χ1) is 19.5. The Kier molecular flexibility index (Phi) is 15.5. The standard InChI is InChI=1S/C33H56O7/c1-4-5-14-25(2)15-6-7-16-26-21-22-28(34)27(26)17-8-9-18-29(39-30-19-10-12-23-37-30)32(33(35)36-3)40-31-20-11-13-24-38-31/h7,16,25-28,30-31,34H,4-6,8-15,17-24H2,1-3H3/b16-7+,32-29+/t25-,26+,27-,28+,30?,31?/m1/s1. The molecular formula is C33H56O7. The highest BCUT2D eigenvalue weighted by Gasteiger charge is 2.33. The van der Waals surface area contributed by atoms with Gasteiger partial charge in [0.05, 0.1) is 26.4 Å². The van der Waals surface area contributed by atoms with Crippen LogP contribution in [0.4, 0.5) is 0 Å². The highest BCUT2D eigenvalue weighted by Crippen LogP contribution is 2.37. The summed E-state index contributed by atoms with van der Waals surface area (Å²) in [6.07, 6.45) is 20.7. The first-order valence-corrected chi connectivity index (χ1v) is 16.2. The third-order valence-corrected chi connectivity index (χ3v) is 8.71. The van der Waals surface area contributed by atoms with E-state index in [1.54, 1.807) is 0 Å². The van der Waals surface area contributed by atoms with Crippen LogP contribution in [0, 0.1) is 17.8 Å². The quantitative estimate of drug-likeness (QED) is 0.0641. The van der Waals surface area contributed by atoms with Crippen LogP contribution >= 0.6 is 0 Å². The van der Waals surface area contributed by atoms with Crippen LogP contribution in [-0.4, -0.2) is 50.1 Å². The predicted octanol–water partition coefficient (Wildman–Crippen LogP) is 7.57. The zero-order chi connectivity index (χ0) is 28.6. The minimum Gasteiger partial charge on any atom is -0.465 e. The number of ether oxygens (including phenoxy) is 5. The average molecular weight is 565 g/mol. The highest BCUT2D eigenvalue weighted by molar-refractivity contribution is 5.86. The number of rotatable bonds is 17. The fourth-order valence-electron chi connectivity index (χ4n) is 6.18. The van der Waals surface area contributed by atoms with Gasteiger partial charge in [-0.05, 0) is 82.0 Å². The summed E-state index contributed by atoms with van der Waals surface area (Å²) in [5, 5.41) is 10.7. The molecule has 3 fully saturated rings. The van der Waals surface area contributed by atoms with Crippen LogP contribution in [0.2, 0.25) is 0 Å². The van der Waals surface area contributed by atoms with Gasteiger partial charge in [0.2, 0.25) is 5.76 Å². The van der Waals surface area contributed by atoms with E-state index in [1.165, 1.54) is 32.8 Å². The molecule has 3 rings (SSSR count). The van der Waals surface area contributed by atoms with Gasteiger partial charge in [0.15, 0.2) is 12.6 Å². The van der Waals surface area contributed by atoms with Crippen LogP contribution in [-0.2, 0) is 28.5 Å². The second kappa shape index (κ2) is 18.8.